The average Bonchev–Trinajstić information content (AvgIpc) is 2.33. The Morgan fingerprint density at radius 3 is 2.67 bits per heavy atom. The van der Waals surface area contributed by atoms with Crippen molar-refractivity contribution >= 4 is 0 Å². The molecule has 1 aromatic heterocycles. The topological polar surface area (TPSA) is 47.1 Å². The van der Waals surface area contributed by atoms with E-state index in [0.29, 0.717) is 11.6 Å². The van der Waals surface area contributed by atoms with Gasteiger partial charge in [0.25, 0.3) is 5.88 Å². The van der Waals surface area contributed by atoms with Crippen LogP contribution < -0.4 is 9.47 Å². The molecule has 0 amide bonds. The molecule has 50 valence electrons. The van der Waals surface area contributed by atoms with Gasteiger partial charge >= 0.3 is 0 Å². The highest BCUT2D eigenvalue weighted by Crippen LogP contribution is 2.20. The zero-order chi connectivity index (χ0) is 6.69. The summed E-state index contributed by atoms with van der Waals surface area (Å²) < 4.78 is 9.67. The Bertz CT molecular complexity index is 166. The van der Waals surface area contributed by atoms with E-state index in [1.54, 1.807) is 20.4 Å². The number of nitrogens with one attached hydrogen (secondary N) is 1. The molecule has 9 heavy (non-hydrogen) atoms. The number of aromatic nitrogens is 2. The van der Waals surface area contributed by atoms with Gasteiger partial charge in [-0.05, 0) is 0 Å². The minimum absolute atomic E-state index is 0.484. The number of ether oxygens (including phenoxy) is 2. The molecule has 1 rings (SSSR count). The van der Waals surface area contributed by atoms with Crippen LogP contribution >= 0.6 is 0 Å². The molecular formula is C5H8N2O2. The molecule has 0 bridgehead atoms. The van der Waals surface area contributed by atoms with E-state index in [0.717, 1.165) is 0 Å². The fourth-order valence-electron chi connectivity index (χ4n) is 0.559. The van der Waals surface area contributed by atoms with Crippen molar-refractivity contribution in [2.24, 2.45) is 0 Å². The second-order valence-electron chi connectivity index (χ2n) is 1.46. The van der Waals surface area contributed by atoms with Gasteiger partial charge in [-0.3, -0.25) is 5.10 Å². The van der Waals surface area contributed by atoms with Gasteiger partial charge in [0.15, 0.2) is 0 Å². The molecular weight excluding hydrogens is 120 g/mol. The summed E-state index contributed by atoms with van der Waals surface area (Å²) in [5.74, 6) is 1.11. The third-order valence-corrected chi connectivity index (χ3v) is 0.986. The minimum atomic E-state index is 0.484. The van der Waals surface area contributed by atoms with E-state index in [1.807, 2.05) is 0 Å². The molecule has 4 heteroatoms. The van der Waals surface area contributed by atoms with Crippen LogP contribution in [0.2, 0.25) is 0 Å². The lowest BCUT2D eigenvalue weighted by atomic mass is 10.6. The number of aromatic amines is 1. The van der Waals surface area contributed by atoms with Gasteiger partial charge in [0.1, 0.15) is 0 Å². The Hall–Kier alpha value is -1.19. The molecule has 0 fully saturated rings. The van der Waals surface area contributed by atoms with Gasteiger partial charge in [0, 0.05) is 0 Å². The van der Waals surface area contributed by atoms with Crippen molar-refractivity contribution < 1.29 is 9.47 Å². The largest absolute Gasteiger partial charge is 0.490 e. The predicted octanol–water partition coefficient (Wildman–Crippen LogP) is 0.427. The van der Waals surface area contributed by atoms with E-state index in [4.69, 9.17) is 9.47 Å². The first-order chi connectivity index (χ1) is 4.38. The molecule has 0 unspecified atom stereocenters. The number of H-pyrrole nitrogens is 1. The molecule has 0 aliphatic rings. The lowest BCUT2D eigenvalue weighted by molar-refractivity contribution is 0.347. The fourth-order valence-corrected chi connectivity index (χ4v) is 0.559. The van der Waals surface area contributed by atoms with Crippen LogP contribution in [0.15, 0.2) is 6.20 Å². The number of nitrogens with zero attached hydrogens (tertiary/aromatic N) is 1. The number of methoxy groups -OCH3 is 2. The highest BCUT2D eigenvalue weighted by Gasteiger charge is 2.02. The first-order valence-corrected chi connectivity index (χ1v) is 2.50. The Kier molecular flexibility index (Phi) is 1.58. The van der Waals surface area contributed by atoms with Crippen LogP contribution in [-0.2, 0) is 0 Å². The second kappa shape index (κ2) is 2.39. The van der Waals surface area contributed by atoms with Gasteiger partial charge < -0.3 is 9.47 Å². The van der Waals surface area contributed by atoms with Gasteiger partial charge in [0.2, 0.25) is 5.75 Å². The SMILES string of the molecule is COc1c[nH]nc1OC. The van der Waals surface area contributed by atoms with Crippen molar-refractivity contribution in [1.82, 2.24) is 10.2 Å². The van der Waals surface area contributed by atoms with Crippen LogP contribution in [0.5, 0.6) is 11.6 Å². The van der Waals surface area contributed by atoms with Crippen molar-refractivity contribution in [3.8, 4) is 11.6 Å². The van der Waals surface area contributed by atoms with Gasteiger partial charge in [-0.15, -0.1) is 5.10 Å². The zero-order valence-electron chi connectivity index (χ0n) is 5.34. The highest BCUT2D eigenvalue weighted by atomic mass is 16.5. The van der Waals surface area contributed by atoms with Crippen LogP contribution in [0.4, 0.5) is 0 Å². The van der Waals surface area contributed by atoms with E-state index in [1.165, 1.54) is 0 Å². The van der Waals surface area contributed by atoms with Crippen molar-refractivity contribution in [2.75, 3.05) is 14.2 Å². The smallest absolute Gasteiger partial charge is 0.275 e. The first kappa shape index (κ1) is 5.94. The predicted molar refractivity (Wildman–Crippen MR) is 31.7 cm³/mol. The summed E-state index contributed by atoms with van der Waals surface area (Å²) in [6.45, 7) is 0. The van der Waals surface area contributed by atoms with E-state index in [-0.39, 0.29) is 0 Å². The number of hydrogen-bond acceptors (Lipinski definition) is 3. The Labute approximate surface area is 52.8 Å². The quantitative estimate of drug-likeness (QED) is 0.628. The van der Waals surface area contributed by atoms with E-state index < -0.39 is 0 Å². The molecule has 0 aliphatic heterocycles. The van der Waals surface area contributed by atoms with Gasteiger partial charge in [0.05, 0.1) is 20.4 Å². The lowest BCUT2D eigenvalue weighted by Gasteiger charge is -1.95. The van der Waals surface area contributed by atoms with Gasteiger partial charge in [-0.1, -0.05) is 0 Å². The summed E-state index contributed by atoms with van der Waals surface area (Å²) in [4.78, 5) is 0. The summed E-state index contributed by atoms with van der Waals surface area (Å²) in [6.07, 6.45) is 1.62. The van der Waals surface area contributed by atoms with Crippen LogP contribution in [0.3, 0.4) is 0 Å². The van der Waals surface area contributed by atoms with E-state index in [2.05, 4.69) is 10.2 Å². The highest BCUT2D eigenvalue weighted by molar-refractivity contribution is 5.29. The lowest BCUT2D eigenvalue weighted by Crippen LogP contribution is -1.86. The van der Waals surface area contributed by atoms with Crippen molar-refractivity contribution in [3.63, 3.8) is 0 Å². The molecule has 0 spiro atoms. The minimum Gasteiger partial charge on any atom is -0.490 e. The van der Waals surface area contributed by atoms with Crippen molar-refractivity contribution in [2.45, 2.75) is 0 Å². The molecule has 1 N–H and O–H groups in total. The molecule has 0 radical (unpaired) electrons. The summed E-state index contributed by atoms with van der Waals surface area (Å²) in [5, 5.41) is 6.33. The second-order valence-corrected chi connectivity index (χ2v) is 1.46. The maximum absolute atomic E-state index is 4.86. The van der Waals surface area contributed by atoms with E-state index >= 15 is 0 Å². The molecule has 0 saturated heterocycles. The molecule has 1 aromatic rings. The molecule has 0 saturated carbocycles. The maximum atomic E-state index is 4.86. The normalized spacial score (nSPS) is 9.11. The van der Waals surface area contributed by atoms with Gasteiger partial charge in [-0.2, -0.15) is 0 Å². The van der Waals surface area contributed by atoms with Crippen LogP contribution in [0, 0.1) is 0 Å². The molecule has 0 aromatic carbocycles. The third kappa shape index (κ3) is 0.960. The summed E-state index contributed by atoms with van der Waals surface area (Å²) in [5.41, 5.74) is 0. The average molecular weight is 128 g/mol. The Morgan fingerprint density at radius 2 is 2.22 bits per heavy atom. The van der Waals surface area contributed by atoms with Crippen LogP contribution in [0.25, 0.3) is 0 Å². The summed E-state index contributed by atoms with van der Waals surface area (Å²) in [6, 6.07) is 0. The third-order valence-electron chi connectivity index (χ3n) is 0.986. The summed E-state index contributed by atoms with van der Waals surface area (Å²) in [7, 11) is 3.10. The van der Waals surface area contributed by atoms with E-state index in [9.17, 15) is 0 Å². The van der Waals surface area contributed by atoms with Gasteiger partial charge in [-0.25, -0.2) is 0 Å². The fraction of sp³-hybridized carbons (Fsp3) is 0.400. The van der Waals surface area contributed by atoms with Crippen molar-refractivity contribution in [3.05, 3.63) is 6.20 Å². The first-order valence-electron chi connectivity index (χ1n) is 2.50. The summed E-state index contributed by atoms with van der Waals surface area (Å²) >= 11 is 0. The van der Waals surface area contributed by atoms with Crippen LogP contribution in [0.1, 0.15) is 0 Å². The molecule has 0 aliphatic carbocycles. The maximum Gasteiger partial charge on any atom is 0.275 e. The molecule has 1 heterocycles. The van der Waals surface area contributed by atoms with Crippen LogP contribution in [-0.4, -0.2) is 24.4 Å². The molecule has 0 atom stereocenters. The standard InChI is InChI=1S/C5H8N2O2/c1-8-4-3-6-7-5(4)9-2/h3H,1-2H3,(H,6,7). The molecule has 4 nitrogen and oxygen atoms in total. The monoisotopic (exact) mass is 128 g/mol. The number of rotatable bonds is 2. The Morgan fingerprint density at radius 1 is 1.44 bits per heavy atom. The zero-order valence-corrected chi connectivity index (χ0v) is 5.34. The van der Waals surface area contributed by atoms with Crippen molar-refractivity contribution in [1.29, 1.82) is 0 Å². The number of hydrogen-bond donors (Lipinski definition) is 1. The Balaban J connectivity index is 2.85.